The summed E-state index contributed by atoms with van der Waals surface area (Å²) in [6.07, 6.45) is 0. The van der Waals surface area contributed by atoms with Gasteiger partial charge in [-0.2, -0.15) is 0 Å². The number of aromatic nitrogens is 1. The van der Waals surface area contributed by atoms with Crippen LogP contribution in [0.15, 0.2) is 10.5 Å². The zero-order valence-electron chi connectivity index (χ0n) is 5.77. The minimum Gasteiger partial charge on any atom is -0.480 e. The molecule has 0 saturated carbocycles. The largest absolute Gasteiger partial charge is 0.480 e. The van der Waals surface area contributed by atoms with Gasteiger partial charge in [0.25, 0.3) is 0 Å². The van der Waals surface area contributed by atoms with Crippen LogP contribution in [-0.4, -0.2) is 12.1 Å². The molecule has 1 rings (SSSR count). The summed E-state index contributed by atoms with van der Waals surface area (Å²) in [6.45, 7) is 0. The molecule has 0 radical (unpaired) electrons. The van der Waals surface area contributed by atoms with Gasteiger partial charge >= 0.3 is 0 Å². The van der Waals surface area contributed by atoms with Crippen molar-refractivity contribution in [2.45, 2.75) is 0 Å². The van der Waals surface area contributed by atoms with E-state index in [0.717, 1.165) is 0 Å². The second-order valence-electron chi connectivity index (χ2n) is 1.86. The van der Waals surface area contributed by atoms with Crippen LogP contribution in [0.25, 0.3) is 0 Å². The van der Waals surface area contributed by atoms with Crippen LogP contribution in [-0.2, 0) is 0 Å². The predicted octanol–water partition coefficient (Wildman–Crippen LogP) is 2.09. The van der Waals surface area contributed by atoms with Crippen molar-refractivity contribution in [2.75, 3.05) is 12.8 Å². The molecule has 2 N–H and O–H groups in total. The van der Waals surface area contributed by atoms with Crippen molar-refractivity contribution in [1.29, 1.82) is 0 Å². The summed E-state index contributed by atoms with van der Waals surface area (Å²) in [5.41, 5.74) is 6.06. The topological polar surface area (TPSA) is 48.1 Å². The molecule has 0 atom stereocenters. The van der Waals surface area contributed by atoms with Crippen LogP contribution in [0, 0.1) is 0 Å². The standard InChI is InChI=1S/C6H6BrClN2O/c1-11-6-5(7)3(9)2-4(8)10-6/h2H,1H3,(H2,9,10). The maximum Gasteiger partial charge on any atom is 0.231 e. The van der Waals surface area contributed by atoms with Crippen LogP contribution in [0.5, 0.6) is 5.88 Å². The second kappa shape index (κ2) is 3.28. The van der Waals surface area contributed by atoms with Crippen molar-refractivity contribution in [2.24, 2.45) is 0 Å². The third kappa shape index (κ3) is 1.75. The number of nitrogen functional groups attached to an aromatic ring is 1. The molecule has 0 unspecified atom stereocenters. The van der Waals surface area contributed by atoms with Crippen LogP contribution < -0.4 is 10.5 Å². The highest BCUT2D eigenvalue weighted by atomic mass is 79.9. The number of hydrogen-bond acceptors (Lipinski definition) is 3. The predicted molar refractivity (Wildman–Crippen MR) is 47.9 cm³/mol. The Morgan fingerprint density at radius 2 is 2.36 bits per heavy atom. The first-order chi connectivity index (χ1) is 5.15. The molecule has 5 heteroatoms. The lowest BCUT2D eigenvalue weighted by Gasteiger charge is -2.04. The summed E-state index contributed by atoms with van der Waals surface area (Å²) in [5.74, 6) is 0.398. The molecular formula is C6H6BrClN2O. The molecule has 0 amide bonds. The molecule has 0 bridgehead atoms. The number of anilines is 1. The monoisotopic (exact) mass is 236 g/mol. The summed E-state index contributed by atoms with van der Waals surface area (Å²) >= 11 is 8.81. The third-order valence-corrected chi connectivity index (χ3v) is 2.11. The average Bonchev–Trinajstić information content (AvgIpc) is 1.96. The van der Waals surface area contributed by atoms with Crippen molar-refractivity contribution in [1.82, 2.24) is 4.98 Å². The Labute approximate surface area is 77.6 Å². The van der Waals surface area contributed by atoms with E-state index in [2.05, 4.69) is 20.9 Å². The second-order valence-corrected chi connectivity index (χ2v) is 3.04. The van der Waals surface area contributed by atoms with Gasteiger partial charge in [-0.05, 0) is 22.0 Å². The summed E-state index contributed by atoms with van der Waals surface area (Å²) in [4.78, 5) is 3.87. The number of rotatable bonds is 1. The average molecular weight is 237 g/mol. The molecular weight excluding hydrogens is 231 g/mol. The summed E-state index contributed by atoms with van der Waals surface area (Å²) < 4.78 is 5.51. The van der Waals surface area contributed by atoms with E-state index in [1.165, 1.54) is 7.11 Å². The maximum absolute atomic E-state index is 5.61. The number of ether oxygens (including phenoxy) is 1. The first-order valence-electron chi connectivity index (χ1n) is 2.80. The zero-order valence-corrected chi connectivity index (χ0v) is 8.11. The molecule has 1 aromatic rings. The normalized spacial score (nSPS) is 9.73. The summed E-state index contributed by atoms with van der Waals surface area (Å²) in [5, 5.41) is 0.322. The summed E-state index contributed by atoms with van der Waals surface area (Å²) in [7, 11) is 1.50. The highest BCUT2D eigenvalue weighted by Crippen LogP contribution is 2.30. The van der Waals surface area contributed by atoms with E-state index in [4.69, 9.17) is 22.1 Å². The minimum absolute atomic E-state index is 0.322. The number of nitrogens with two attached hydrogens (primary N) is 1. The summed E-state index contributed by atoms with van der Waals surface area (Å²) in [6, 6.07) is 1.55. The quantitative estimate of drug-likeness (QED) is 0.761. The zero-order chi connectivity index (χ0) is 8.43. The molecule has 0 aliphatic carbocycles. The van der Waals surface area contributed by atoms with Crippen molar-refractivity contribution in [3.8, 4) is 5.88 Å². The van der Waals surface area contributed by atoms with Crippen LogP contribution in [0.1, 0.15) is 0 Å². The van der Waals surface area contributed by atoms with Gasteiger partial charge in [-0.15, -0.1) is 0 Å². The van der Waals surface area contributed by atoms with Gasteiger partial charge in [-0.1, -0.05) is 11.6 Å². The maximum atomic E-state index is 5.61. The Hall–Kier alpha value is -0.480. The molecule has 60 valence electrons. The van der Waals surface area contributed by atoms with Gasteiger partial charge in [-0.3, -0.25) is 0 Å². The number of hydrogen-bond donors (Lipinski definition) is 1. The number of nitrogens with zero attached hydrogens (tertiary/aromatic N) is 1. The molecule has 0 aromatic carbocycles. The highest BCUT2D eigenvalue weighted by Gasteiger charge is 2.06. The van der Waals surface area contributed by atoms with Gasteiger partial charge < -0.3 is 10.5 Å². The van der Waals surface area contributed by atoms with Gasteiger partial charge in [-0.25, -0.2) is 4.98 Å². The fraction of sp³-hybridized carbons (Fsp3) is 0.167. The fourth-order valence-corrected chi connectivity index (χ4v) is 1.19. The molecule has 0 aliphatic heterocycles. The van der Waals surface area contributed by atoms with Crippen LogP contribution in [0.3, 0.4) is 0 Å². The number of pyridine rings is 1. The lowest BCUT2D eigenvalue weighted by molar-refractivity contribution is 0.395. The first-order valence-corrected chi connectivity index (χ1v) is 3.97. The van der Waals surface area contributed by atoms with Gasteiger partial charge in [0, 0.05) is 0 Å². The van der Waals surface area contributed by atoms with Gasteiger partial charge in [0.2, 0.25) is 5.88 Å². The van der Waals surface area contributed by atoms with Crippen molar-refractivity contribution < 1.29 is 4.74 Å². The third-order valence-electron chi connectivity index (χ3n) is 1.12. The van der Waals surface area contributed by atoms with Crippen molar-refractivity contribution in [3.63, 3.8) is 0 Å². The molecule has 1 aromatic heterocycles. The number of halogens is 2. The van der Waals surface area contributed by atoms with Crippen LogP contribution in [0.2, 0.25) is 5.15 Å². The minimum atomic E-state index is 0.322. The van der Waals surface area contributed by atoms with E-state index < -0.39 is 0 Å². The Morgan fingerprint density at radius 3 is 2.91 bits per heavy atom. The van der Waals surface area contributed by atoms with E-state index in [-0.39, 0.29) is 0 Å². The molecule has 11 heavy (non-hydrogen) atoms. The van der Waals surface area contributed by atoms with Crippen molar-refractivity contribution >= 4 is 33.2 Å². The van der Waals surface area contributed by atoms with Gasteiger partial charge in [0.05, 0.1) is 12.8 Å². The fourth-order valence-electron chi connectivity index (χ4n) is 0.629. The van der Waals surface area contributed by atoms with Gasteiger partial charge in [0.1, 0.15) is 9.63 Å². The first kappa shape index (κ1) is 8.62. The molecule has 0 aliphatic rings. The SMILES string of the molecule is COc1nc(Cl)cc(N)c1Br. The molecule has 0 saturated heterocycles. The Bertz CT molecular complexity index is 280. The Kier molecular flexibility index (Phi) is 2.57. The highest BCUT2D eigenvalue weighted by molar-refractivity contribution is 9.10. The Morgan fingerprint density at radius 1 is 1.73 bits per heavy atom. The van der Waals surface area contributed by atoms with E-state index in [0.29, 0.717) is 21.2 Å². The number of methoxy groups -OCH3 is 1. The van der Waals surface area contributed by atoms with E-state index >= 15 is 0 Å². The van der Waals surface area contributed by atoms with Crippen LogP contribution >= 0.6 is 27.5 Å². The van der Waals surface area contributed by atoms with E-state index in [1.807, 2.05) is 0 Å². The molecule has 1 heterocycles. The van der Waals surface area contributed by atoms with Gasteiger partial charge in [0.15, 0.2) is 0 Å². The van der Waals surface area contributed by atoms with E-state index in [9.17, 15) is 0 Å². The smallest absolute Gasteiger partial charge is 0.231 e. The molecule has 0 spiro atoms. The molecule has 0 fully saturated rings. The van der Waals surface area contributed by atoms with Crippen molar-refractivity contribution in [3.05, 3.63) is 15.7 Å². The lowest BCUT2D eigenvalue weighted by Crippen LogP contribution is -1.94. The van der Waals surface area contributed by atoms with Crippen LogP contribution in [0.4, 0.5) is 5.69 Å². The van der Waals surface area contributed by atoms with E-state index in [1.54, 1.807) is 6.07 Å². The lowest BCUT2D eigenvalue weighted by atomic mass is 10.4. The Balaban J connectivity index is 3.24. The molecule has 3 nitrogen and oxygen atoms in total.